The number of nitrogens with zero attached hydrogens (tertiary/aromatic N) is 1. The van der Waals surface area contributed by atoms with E-state index in [9.17, 15) is 4.39 Å². The topological polar surface area (TPSA) is 29.3 Å². The number of nitrogens with two attached hydrogens (primary N) is 1. The Bertz CT molecular complexity index is 370. The molecule has 1 aromatic carbocycles. The molecule has 2 nitrogen and oxygen atoms in total. The molecule has 0 spiro atoms. The Labute approximate surface area is 93.8 Å². The van der Waals surface area contributed by atoms with Gasteiger partial charge < -0.3 is 10.6 Å². The van der Waals surface area contributed by atoms with Crippen LogP contribution < -0.4 is 5.73 Å². The fourth-order valence-electron chi connectivity index (χ4n) is 2.13. The molecule has 4 heteroatoms. The fraction of sp³-hybridized carbons (Fsp3) is 0.455. The van der Waals surface area contributed by atoms with E-state index in [0.29, 0.717) is 0 Å². The summed E-state index contributed by atoms with van der Waals surface area (Å²) in [5, 5.41) is 0.165. The van der Waals surface area contributed by atoms with Gasteiger partial charge in [0.2, 0.25) is 0 Å². The molecule has 1 heterocycles. The van der Waals surface area contributed by atoms with Crippen LogP contribution in [0.2, 0.25) is 5.02 Å². The maximum absolute atomic E-state index is 13.3. The van der Waals surface area contributed by atoms with Gasteiger partial charge in [-0.05, 0) is 24.7 Å². The van der Waals surface area contributed by atoms with E-state index in [2.05, 4.69) is 4.90 Å². The molecule has 1 fully saturated rings. The van der Waals surface area contributed by atoms with E-state index in [4.69, 9.17) is 17.3 Å². The van der Waals surface area contributed by atoms with Crippen LogP contribution in [0.15, 0.2) is 18.2 Å². The van der Waals surface area contributed by atoms with E-state index in [0.717, 1.165) is 18.7 Å². The molecule has 0 radical (unpaired) electrons. The molecular formula is C11H14ClFN2. The monoisotopic (exact) mass is 228 g/mol. The Morgan fingerprint density at radius 2 is 2.20 bits per heavy atom. The second-order valence-corrected chi connectivity index (χ2v) is 4.57. The van der Waals surface area contributed by atoms with E-state index in [1.54, 1.807) is 6.07 Å². The summed E-state index contributed by atoms with van der Waals surface area (Å²) in [5.41, 5.74) is 6.93. The summed E-state index contributed by atoms with van der Waals surface area (Å²) in [4.78, 5) is 2.15. The molecule has 0 amide bonds. The molecule has 0 aromatic heterocycles. The highest BCUT2D eigenvalue weighted by Crippen LogP contribution is 2.27. The van der Waals surface area contributed by atoms with Crippen molar-refractivity contribution in [2.24, 2.45) is 5.73 Å². The number of hydrogen-bond donors (Lipinski definition) is 1. The Morgan fingerprint density at radius 1 is 1.47 bits per heavy atom. The van der Waals surface area contributed by atoms with E-state index in [1.807, 2.05) is 13.1 Å². The zero-order valence-corrected chi connectivity index (χ0v) is 9.34. The van der Waals surface area contributed by atoms with Gasteiger partial charge >= 0.3 is 0 Å². The van der Waals surface area contributed by atoms with Gasteiger partial charge in [0.15, 0.2) is 0 Å². The van der Waals surface area contributed by atoms with Crippen LogP contribution in [0, 0.1) is 5.82 Å². The van der Waals surface area contributed by atoms with Crippen LogP contribution in [0.3, 0.4) is 0 Å². The summed E-state index contributed by atoms with van der Waals surface area (Å²) in [7, 11) is 2.02. The lowest BCUT2D eigenvalue weighted by molar-refractivity contribution is 0.407. The van der Waals surface area contributed by atoms with Crippen molar-refractivity contribution >= 4 is 11.6 Å². The zero-order valence-electron chi connectivity index (χ0n) is 8.58. The molecule has 1 aliphatic heterocycles. The number of likely N-dealkylation sites (tertiary alicyclic amines) is 1. The van der Waals surface area contributed by atoms with Crippen LogP contribution in [0.25, 0.3) is 0 Å². The molecular weight excluding hydrogens is 215 g/mol. The first-order chi connectivity index (χ1) is 7.08. The van der Waals surface area contributed by atoms with Crippen LogP contribution >= 0.6 is 11.6 Å². The van der Waals surface area contributed by atoms with Gasteiger partial charge in [0.05, 0.1) is 5.02 Å². The van der Waals surface area contributed by atoms with Crippen LogP contribution in [-0.2, 0) is 0 Å². The third-order valence-corrected chi connectivity index (χ3v) is 3.23. The predicted octanol–water partition coefficient (Wildman–Crippen LogP) is 1.84. The van der Waals surface area contributed by atoms with Gasteiger partial charge in [-0.25, -0.2) is 4.39 Å². The Hall–Kier alpha value is -0.640. The number of hydrogen-bond acceptors (Lipinski definition) is 2. The van der Waals surface area contributed by atoms with Gasteiger partial charge in [-0.2, -0.15) is 0 Å². The number of benzene rings is 1. The third kappa shape index (κ3) is 2.14. The van der Waals surface area contributed by atoms with Crippen molar-refractivity contribution in [1.29, 1.82) is 0 Å². The molecule has 2 atom stereocenters. The van der Waals surface area contributed by atoms with E-state index in [-0.39, 0.29) is 22.8 Å². The summed E-state index contributed by atoms with van der Waals surface area (Å²) in [6, 6.07) is 5.02. The standard InChI is InChI=1S/C11H14ClFN2/c1-15-5-8(11(14)6-15)7-2-3-9(12)10(13)4-7/h2-4,8,11H,5-6,14H2,1H3/t8-,11+/m1/s1. The lowest BCUT2D eigenvalue weighted by Gasteiger charge is -2.14. The molecule has 2 rings (SSSR count). The first-order valence-corrected chi connectivity index (χ1v) is 5.35. The molecule has 0 unspecified atom stereocenters. The van der Waals surface area contributed by atoms with Crippen LogP contribution in [0.1, 0.15) is 11.5 Å². The predicted molar refractivity (Wildman–Crippen MR) is 59.6 cm³/mol. The van der Waals surface area contributed by atoms with Crippen molar-refractivity contribution in [2.45, 2.75) is 12.0 Å². The summed E-state index contributed by atoms with van der Waals surface area (Å²) in [6.45, 7) is 1.73. The molecule has 1 saturated heterocycles. The summed E-state index contributed by atoms with van der Waals surface area (Å²) in [6.07, 6.45) is 0. The largest absolute Gasteiger partial charge is 0.326 e. The third-order valence-electron chi connectivity index (χ3n) is 2.92. The van der Waals surface area contributed by atoms with Crippen molar-refractivity contribution in [3.63, 3.8) is 0 Å². The van der Waals surface area contributed by atoms with Gasteiger partial charge in [0, 0.05) is 25.0 Å². The first-order valence-electron chi connectivity index (χ1n) is 4.97. The molecule has 2 N–H and O–H groups in total. The second kappa shape index (κ2) is 4.08. The van der Waals surface area contributed by atoms with Crippen molar-refractivity contribution in [3.05, 3.63) is 34.6 Å². The number of halogens is 2. The highest BCUT2D eigenvalue weighted by molar-refractivity contribution is 6.30. The molecule has 0 bridgehead atoms. The number of rotatable bonds is 1. The summed E-state index contributed by atoms with van der Waals surface area (Å²) >= 11 is 5.64. The lowest BCUT2D eigenvalue weighted by Crippen LogP contribution is -2.27. The van der Waals surface area contributed by atoms with Crippen molar-refractivity contribution in [3.8, 4) is 0 Å². The van der Waals surface area contributed by atoms with E-state index >= 15 is 0 Å². The zero-order chi connectivity index (χ0) is 11.0. The van der Waals surface area contributed by atoms with Gasteiger partial charge in [-0.15, -0.1) is 0 Å². The fourth-order valence-corrected chi connectivity index (χ4v) is 2.25. The molecule has 0 aliphatic carbocycles. The molecule has 15 heavy (non-hydrogen) atoms. The molecule has 0 saturated carbocycles. The van der Waals surface area contributed by atoms with Crippen molar-refractivity contribution in [2.75, 3.05) is 20.1 Å². The maximum atomic E-state index is 13.3. The number of likely N-dealkylation sites (N-methyl/N-ethyl adjacent to an activating group) is 1. The minimum absolute atomic E-state index is 0.0792. The first kappa shape index (κ1) is 10.9. The molecule has 1 aromatic rings. The summed E-state index contributed by atoms with van der Waals surface area (Å²) < 4.78 is 13.3. The van der Waals surface area contributed by atoms with Gasteiger partial charge in [-0.3, -0.25) is 0 Å². The normalized spacial score (nSPS) is 27.2. The highest BCUT2D eigenvalue weighted by Gasteiger charge is 2.29. The minimum Gasteiger partial charge on any atom is -0.326 e. The Balaban J connectivity index is 2.26. The van der Waals surface area contributed by atoms with E-state index in [1.165, 1.54) is 6.07 Å². The van der Waals surface area contributed by atoms with E-state index < -0.39 is 0 Å². The average molecular weight is 229 g/mol. The summed E-state index contributed by atoms with van der Waals surface area (Å²) in [5.74, 6) is -0.155. The van der Waals surface area contributed by atoms with Gasteiger partial charge in [-0.1, -0.05) is 17.7 Å². The van der Waals surface area contributed by atoms with Crippen molar-refractivity contribution < 1.29 is 4.39 Å². The van der Waals surface area contributed by atoms with Crippen LogP contribution in [0.4, 0.5) is 4.39 Å². The molecule has 82 valence electrons. The van der Waals surface area contributed by atoms with Gasteiger partial charge in [0.25, 0.3) is 0 Å². The van der Waals surface area contributed by atoms with Crippen LogP contribution in [-0.4, -0.2) is 31.1 Å². The maximum Gasteiger partial charge on any atom is 0.142 e. The quantitative estimate of drug-likeness (QED) is 0.795. The minimum atomic E-state index is -0.365. The SMILES string of the molecule is CN1C[C@H](c2ccc(Cl)c(F)c2)[C@@H](N)C1. The lowest BCUT2D eigenvalue weighted by atomic mass is 9.95. The van der Waals surface area contributed by atoms with Crippen LogP contribution in [0.5, 0.6) is 0 Å². The Morgan fingerprint density at radius 3 is 2.73 bits per heavy atom. The van der Waals surface area contributed by atoms with Crippen molar-refractivity contribution in [1.82, 2.24) is 4.90 Å². The van der Waals surface area contributed by atoms with Gasteiger partial charge in [0.1, 0.15) is 5.82 Å². The smallest absolute Gasteiger partial charge is 0.142 e. The Kier molecular flexibility index (Phi) is 2.96. The highest BCUT2D eigenvalue weighted by atomic mass is 35.5. The second-order valence-electron chi connectivity index (χ2n) is 4.17. The average Bonchev–Trinajstić information content (AvgIpc) is 2.50. The molecule has 1 aliphatic rings.